The Morgan fingerprint density at radius 3 is 2.57 bits per heavy atom. The van der Waals surface area contributed by atoms with E-state index in [0.29, 0.717) is 17.8 Å². The Labute approximate surface area is 167 Å². The van der Waals surface area contributed by atoms with Gasteiger partial charge in [-0.25, -0.2) is 4.68 Å². The molecule has 0 radical (unpaired) electrons. The molecule has 0 saturated carbocycles. The van der Waals surface area contributed by atoms with E-state index in [4.69, 9.17) is 4.74 Å². The van der Waals surface area contributed by atoms with E-state index in [0.717, 1.165) is 16.2 Å². The number of benzene rings is 2. The molecule has 28 heavy (non-hydrogen) atoms. The zero-order valence-corrected chi connectivity index (χ0v) is 16.5. The number of carbonyl (C=O) groups excluding carboxylic acids is 1. The van der Waals surface area contributed by atoms with Gasteiger partial charge >= 0.3 is 0 Å². The van der Waals surface area contributed by atoms with Gasteiger partial charge in [0.2, 0.25) is 0 Å². The molecule has 0 saturated heterocycles. The average Bonchev–Trinajstić information content (AvgIpc) is 2.75. The summed E-state index contributed by atoms with van der Waals surface area (Å²) < 4.78 is 6.52. The molecule has 0 fully saturated rings. The molecule has 1 aromatic heterocycles. The van der Waals surface area contributed by atoms with Gasteiger partial charge in [-0.1, -0.05) is 12.1 Å². The third-order valence-corrected chi connectivity index (χ3v) is 5.01. The molecular formula is C21H21N3O3S. The van der Waals surface area contributed by atoms with Crippen molar-refractivity contribution in [3.63, 3.8) is 0 Å². The number of nitrogens with one attached hydrogen (secondary N) is 1. The fraction of sp³-hybridized carbons (Fsp3) is 0.190. The number of hydrogen-bond acceptors (Lipinski definition) is 5. The molecule has 0 spiro atoms. The highest BCUT2D eigenvalue weighted by Gasteiger charge is 2.10. The van der Waals surface area contributed by atoms with Crippen molar-refractivity contribution in [2.75, 3.05) is 19.9 Å². The molecule has 1 heterocycles. The SMILES string of the molecule is COc1ccc(-c2ccc(=O)n(CCNC(=O)c3ccccc3SC)n2)cc1. The van der Waals surface area contributed by atoms with Crippen molar-refractivity contribution in [2.24, 2.45) is 0 Å². The van der Waals surface area contributed by atoms with Gasteiger partial charge in [0.25, 0.3) is 11.5 Å². The van der Waals surface area contributed by atoms with Crippen molar-refractivity contribution < 1.29 is 9.53 Å². The number of nitrogens with zero attached hydrogens (tertiary/aromatic N) is 2. The first-order chi connectivity index (χ1) is 13.6. The summed E-state index contributed by atoms with van der Waals surface area (Å²) in [5.74, 6) is 0.592. The van der Waals surface area contributed by atoms with Gasteiger partial charge in [0.1, 0.15) is 5.75 Å². The molecule has 3 rings (SSSR count). The van der Waals surface area contributed by atoms with E-state index in [1.54, 1.807) is 19.2 Å². The summed E-state index contributed by atoms with van der Waals surface area (Å²) in [6, 6.07) is 18.1. The zero-order valence-electron chi connectivity index (χ0n) is 15.7. The second kappa shape index (κ2) is 9.23. The summed E-state index contributed by atoms with van der Waals surface area (Å²) in [7, 11) is 1.61. The third kappa shape index (κ3) is 4.61. The summed E-state index contributed by atoms with van der Waals surface area (Å²) >= 11 is 1.52. The van der Waals surface area contributed by atoms with Gasteiger partial charge in [-0.05, 0) is 48.7 Å². The fourth-order valence-corrected chi connectivity index (χ4v) is 3.32. The minimum absolute atomic E-state index is 0.163. The number of thioether (sulfide) groups is 1. The number of amides is 1. The van der Waals surface area contributed by atoms with Crippen LogP contribution in [0.25, 0.3) is 11.3 Å². The van der Waals surface area contributed by atoms with Crippen LogP contribution in [0.3, 0.4) is 0 Å². The smallest absolute Gasteiger partial charge is 0.266 e. The number of carbonyl (C=O) groups is 1. The molecule has 2 aromatic carbocycles. The van der Waals surface area contributed by atoms with Gasteiger partial charge in [-0.2, -0.15) is 5.10 Å². The molecule has 0 atom stereocenters. The second-order valence-electron chi connectivity index (χ2n) is 5.96. The quantitative estimate of drug-likeness (QED) is 0.623. The van der Waals surface area contributed by atoms with Crippen molar-refractivity contribution in [3.05, 3.63) is 76.6 Å². The van der Waals surface area contributed by atoms with Crippen LogP contribution in [0.2, 0.25) is 0 Å². The third-order valence-electron chi connectivity index (χ3n) is 4.21. The largest absolute Gasteiger partial charge is 0.497 e. The minimum atomic E-state index is -0.212. The van der Waals surface area contributed by atoms with Crippen LogP contribution in [0.1, 0.15) is 10.4 Å². The minimum Gasteiger partial charge on any atom is -0.497 e. The highest BCUT2D eigenvalue weighted by atomic mass is 32.2. The molecule has 144 valence electrons. The summed E-state index contributed by atoms with van der Waals surface area (Å²) in [6.45, 7) is 0.594. The fourth-order valence-electron chi connectivity index (χ4n) is 2.73. The Bertz CT molecular complexity index is 1020. The molecule has 0 bridgehead atoms. The van der Waals surface area contributed by atoms with Crippen LogP contribution in [0.4, 0.5) is 0 Å². The Morgan fingerprint density at radius 1 is 1.11 bits per heavy atom. The van der Waals surface area contributed by atoms with E-state index in [-0.39, 0.29) is 18.0 Å². The number of methoxy groups -OCH3 is 1. The van der Waals surface area contributed by atoms with E-state index < -0.39 is 0 Å². The van der Waals surface area contributed by atoms with Crippen molar-refractivity contribution >= 4 is 17.7 Å². The summed E-state index contributed by atoms with van der Waals surface area (Å²) in [5.41, 5.74) is 1.98. The maximum absolute atomic E-state index is 12.4. The van der Waals surface area contributed by atoms with Gasteiger partial charge in [-0.3, -0.25) is 9.59 Å². The topological polar surface area (TPSA) is 73.2 Å². The maximum atomic E-state index is 12.4. The molecule has 0 unspecified atom stereocenters. The van der Waals surface area contributed by atoms with Crippen LogP contribution >= 0.6 is 11.8 Å². The lowest BCUT2D eigenvalue weighted by atomic mass is 10.1. The molecule has 0 aliphatic heterocycles. The number of ether oxygens (including phenoxy) is 1. The second-order valence-corrected chi connectivity index (χ2v) is 6.81. The van der Waals surface area contributed by atoms with Crippen LogP contribution in [-0.4, -0.2) is 35.6 Å². The Hall–Kier alpha value is -3.06. The molecule has 0 aliphatic carbocycles. The van der Waals surface area contributed by atoms with Crippen molar-refractivity contribution in [3.8, 4) is 17.0 Å². The van der Waals surface area contributed by atoms with E-state index in [1.165, 1.54) is 22.5 Å². The lowest BCUT2D eigenvalue weighted by Gasteiger charge is -2.10. The molecule has 3 aromatic rings. The van der Waals surface area contributed by atoms with Crippen molar-refractivity contribution in [1.82, 2.24) is 15.1 Å². The predicted octanol–water partition coefficient (Wildman–Crippen LogP) is 3.07. The first kappa shape index (κ1) is 19.7. The van der Waals surface area contributed by atoms with Gasteiger partial charge < -0.3 is 10.1 Å². The molecule has 1 N–H and O–H groups in total. The first-order valence-electron chi connectivity index (χ1n) is 8.76. The summed E-state index contributed by atoms with van der Waals surface area (Å²) in [5, 5.41) is 7.26. The average molecular weight is 395 g/mol. The normalized spacial score (nSPS) is 10.5. The molecule has 1 amide bonds. The monoisotopic (exact) mass is 395 g/mol. The Kier molecular flexibility index (Phi) is 6.49. The molecule has 7 heteroatoms. The number of hydrogen-bond donors (Lipinski definition) is 1. The van der Waals surface area contributed by atoms with Gasteiger partial charge in [-0.15, -0.1) is 11.8 Å². The standard InChI is InChI=1S/C21H21N3O3S/c1-27-16-9-7-15(8-10-16)18-11-12-20(25)24(23-18)14-13-22-21(26)17-5-3-4-6-19(17)28-2/h3-12H,13-14H2,1-2H3,(H,22,26). The van der Waals surface area contributed by atoms with Crippen LogP contribution in [0.5, 0.6) is 5.75 Å². The van der Waals surface area contributed by atoms with E-state index in [1.807, 2.05) is 48.7 Å². The van der Waals surface area contributed by atoms with Crippen LogP contribution in [-0.2, 0) is 6.54 Å². The van der Waals surface area contributed by atoms with Crippen LogP contribution in [0, 0.1) is 0 Å². The first-order valence-corrected chi connectivity index (χ1v) is 9.98. The van der Waals surface area contributed by atoms with Crippen LogP contribution in [0.15, 0.2) is 70.4 Å². The molecule has 6 nitrogen and oxygen atoms in total. The van der Waals surface area contributed by atoms with Gasteiger partial charge in [0.15, 0.2) is 0 Å². The van der Waals surface area contributed by atoms with E-state index >= 15 is 0 Å². The van der Waals surface area contributed by atoms with Crippen LogP contribution < -0.4 is 15.6 Å². The summed E-state index contributed by atoms with van der Waals surface area (Å²) in [6.07, 6.45) is 1.93. The van der Waals surface area contributed by atoms with Crippen molar-refractivity contribution in [2.45, 2.75) is 11.4 Å². The highest BCUT2D eigenvalue weighted by Crippen LogP contribution is 2.20. The van der Waals surface area contributed by atoms with E-state index in [2.05, 4.69) is 10.4 Å². The van der Waals surface area contributed by atoms with Crippen molar-refractivity contribution in [1.29, 1.82) is 0 Å². The Morgan fingerprint density at radius 2 is 1.86 bits per heavy atom. The lowest BCUT2D eigenvalue weighted by molar-refractivity contribution is 0.0949. The maximum Gasteiger partial charge on any atom is 0.266 e. The Balaban J connectivity index is 1.68. The number of aromatic nitrogens is 2. The van der Waals surface area contributed by atoms with Gasteiger partial charge in [0, 0.05) is 23.1 Å². The molecule has 0 aliphatic rings. The zero-order chi connectivity index (χ0) is 19.9. The number of rotatable bonds is 7. The van der Waals surface area contributed by atoms with E-state index in [9.17, 15) is 9.59 Å². The van der Waals surface area contributed by atoms with Gasteiger partial charge in [0.05, 0.1) is 24.9 Å². The summed E-state index contributed by atoms with van der Waals surface area (Å²) in [4.78, 5) is 25.4. The predicted molar refractivity (Wildman–Crippen MR) is 111 cm³/mol. The lowest BCUT2D eigenvalue weighted by Crippen LogP contribution is -2.32. The highest BCUT2D eigenvalue weighted by molar-refractivity contribution is 7.98. The molecular weight excluding hydrogens is 374 g/mol.